The van der Waals surface area contributed by atoms with Crippen molar-refractivity contribution in [3.05, 3.63) is 53.4 Å². The molecule has 0 aliphatic carbocycles. The largest absolute Gasteiger partial charge is 0.381 e. The number of hydrogen-bond donors (Lipinski definition) is 1. The van der Waals surface area contributed by atoms with E-state index in [9.17, 15) is 0 Å². The van der Waals surface area contributed by atoms with Gasteiger partial charge in [-0.3, -0.25) is 0 Å². The summed E-state index contributed by atoms with van der Waals surface area (Å²) < 4.78 is 6.41. The molecule has 0 atom stereocenters. The number of nitrogens with zero attached hydrogens (tertiary/aromatic N) is 3. The number of aryl methyl sites for hydroxylation is 2. The Labute approximate surface area is 134 Å². The molecule has 5 heteroatoms. The van der Waals surface area contributed by atoms with Crippen LogP contribution in [0.1, 0.15) is 24.2 Å². The number of rotatable bonds is 4. The summed E-state index contributed by atoms with van der Waals surface area (Å²) in [5.74, 6) is 1.23. The van der Waals surface area contributed by atoms with Gasteiger partial charge in [0, 0.05) is 54.1 Å². The van der Waals surface area contributed by atoms with E-state index in [0.29, 0.717) is 0 Å². The summed E-state index contributed by atoms with van der Waals surface area (Å²) >= 11 is 1.49. The van der Waals surface area contributed by atoms with Gasteiger partial charge in [-0.15, -0.1) is 0 Å². The van der Waals surface area contributed by atoms with Crippen LogP contribution in [0.3, 0.4) is 0 Å². The maximum atomic E-state index is 4.77. The van der Waals surface area contributed by atoms with E-state index in [2.05, 4.69) is 50.1 Å². The third kappa shape index (κ3) is 2.76. The van der Waals surface area contributed by atoms with Crippen LogP contribution in [0.15, 0.2) is 42.0 Å². The van der Waals surface area contributed by atoms with E-state index < -0.39 is 0 Å². The lowest BCUT2D eigenvalue weighted by Gasteiger charge is -2.11. The lowest BCUT2D eigenvalue weighted by Crippen LogP contribution is -2.08. The summed E-state index contributed by atoms with van der Waals surface area (Å²) in [4.78, 5) is 4.77. The van der Waals surface area contributed by atoms with Crippen LogP contribution in [0.25, 0.3) is 11.3 Å². The van der Waals surface area contributed by atoms with Crippen molar-refractivity contribution in [3.63, 3.8) is 0 Å². The Morgan fingerprint density at radius 2 is 2.09 bits per heavy atom. The Hall–Kier alpha value is -2.14. The molecule has 112 valence electrons. The molecule has 3 aromatic rings. The van der Waals surface area contributed by atoms with Crippen molar-refractivity contribution < 1.29 is 0 Å². The number of anilines is 1. The molecular weight excluding hydrogens is 292 g/mol. The molecule has 4 rings (SSSR count). The van der Waals surface area contributed by atoms with Crippen LogP contribution < -0.4 is 5.32 Å². The Balaban J connectivity index is 1.48. The van der Waals surface area contributed by atoms with Crippen molar-refractivity contribution in [3.8, 4) is 11.3 Å². The summed E-state index contributed by atoms with van der Waals surface area (Å²) in [6, 6.07) is 8.52. The molecule has 0 spiro atoms. The van der Waals surface area contributed by atoms with Crippen LogP contribution in [0, 0.1) is 0 Å². The van der Waals surface area contributed by atoms with Crippen LogP contribution in [0.5, 0.6) is 0 Å². The molecule has 1 aliphatic heterocycles. The maximum Gasteiger partial charge on any atom is 0.109 e. The van der Waals surface area contributed by atoms with Gasteiger partial charge < -0.3 is 9.88 Å². The fourth-order valence-corrected chi connectivity index (χ4v) is 3.37. The van der Waals surface area contributed by atoms with Crippen molar-refractivity contribution in [2.24, 2.45) is 0 Å². The molecule has 1 aromatic carbocycles. The minimum atomic E-state index is 0.814. The van der Waals surface area contributed by atoms with E-state index in [1.807, 2.05) is 6.20 Å². The Morgan fingerprint density at radius 3 is 2.86 bits per heavy atom. The van der Waals surface area contributed by atoms with Gasteiger partial charge in [-0.2, -0.15) is 0 Å². The van der Waals surface area contributed by atoms with Gasteiger partial charge >= 0.3 is 0 Å². The number of benzene rings is 1. The SMILES string of the molecule is c1nscc1CNc1ccc(-c2cn3c(n2)CCCC3)cc1. The predicted octanol–water partition coefficient (Wildman–Crippen LogP) is 3.96. The van der Waals surface area contributed by atoms with E-state index in [-0.39, 0.29) is 0 Å². The van der Waals surface area contributed by atoms with Gasteiger partial charge in [-0.25, -0.2) is 9.36 Å². The topological polar surface area (TPSA) is 42.7 Å². The lowest BCUT2D eigenvalue weighted by molar-refractivity contribution is 0.522. The third-order valence-electron chi connectivity index (χ3n) is 4.07. The molecule has 4 nitrogen and oxygen atoms in total. The molecular formula is C17H18N4S. The molecule has 2 aromatic heterocycles. The second kappa shape index (κ2) is 5.93. The molecule has 0 amide bonds. The van der Waals surface area contributed by atoms with E-state index in [1.54, 1.807) is 0 Å². The molecule has 1 aliphatic rings. The van der Waals surface area contributed by atoms with E-state index >= 15 is 0 Å². The van der Waals surface area contributed by atoms with Gasteiger partial charge in [0.1, 0.15) is 5.82 Å². The zero-order chi connectivity index (χ0) is 14.8. The zero-order valence-electron chi connectivity index (χ0n) is 12.3. The van der Waals surface area contributed by atoms with Crippen molar-refractivity contribution in [2.45, 2.75) is 32.4 Å². The van der Waals surface area contributed by atoms with Crippen LogP contribution in [-0.2, 0) is 19.5 Å². The fraction of sp³-hybridized carbons (Fsp3) is 0.294. The normalized spacial score (nSPS) is 13.8. The first-order valence-electron chi connectivity index (χ1n) is 7.67. The highest BCUT2D eigenvalue weighted by Gasteiger charge is 2.12. The average molecular weight is 310 g/mol. The van der Waals surface area contributed by atoms with Gasteiger partial charge in [-0.1, -0.05) is 12.1 Å². The molecule has 0 saturated carbocycles. The minimum Gasteiger partial charge on any atom is -0.381 e. The molecule has 3 heterocycles. The highest BCUT2D eigenvalue weighted by atomic mass is 32.1. The van der Waals surface area contributed by atoms with Crippen molar-refractivity contribution >= 4 is 17.2 Å². The second-order valence-electron chi connectivity index (χ2n) is 5.66. The summed E-state index contributed by atoms with van der Waals surface area (Å²) in [5.41, 5.74) is 4.62. The molecule has 1 N–H and O–H groups in total. The highest BCUT2D eigenvalue weighted by molar-refractivity contribution is 7.03. The molecule has 0 unspecified atom stereocenters. The summed E-state index contributed by atoms with van der Waals surface area (Å²) in [7, 11) is 0. The smallest absolute Gasteiger partial charge is 0.109 e. The minimum absolute atomic E-state index is 0.814. The van der Waals surface area contributed by atoms with Crippen LogP contribution in [-0.4, -0.2) is 13.9 Å². The Bertz CT molecular complexity index is 720. The zero-order valence-corrected chi connectivity index (χ0v) is 13.1. The molecule has 0 saturated heterocycles. The predicted molar refractivity (Wildman–Crippen MR) is 90.0 cm³/mol. The van der Waals surface area contributed by atoms with Gasteiger partial charge in [0.15, 0.2) is 0 Å². The van der Waals surface area contributed by atoms with Gasteiger partial charge in [-0.05, 0) is 36.5 Å². The molecule has 0 radical (unpaired) electrons. The van der Waals surface area contributed by atoms with Crippen LogP contribution in [0.4, 0.5) is 5.69 Å². The van der Waals surface area contributed by atoms with Crippen LogP contribution >= 0.6 is 11.5 Å². The van der Waals surface area contributed by atoms with Gasteiger partial charge in [0.05, 0.1) is 5.69 Å². The number of imidazole rings is 1. The average Bonchev–Trinajstić information content (AvgIpc) is 3.22. The summed E-state index contributed by atoms with van der Waals surface area (Å²) in [6.45, 7) is 1.92. The maximum absolute atomic E-state index is 4.77. The summed E-state index contributed by atoms with van der Waals surface area (Å²) in [6.07, 6.45) is 7.73. The first-order valence-corrected chi connectivity index (χ1v) is 8.51. The van der Waals surface area contributed by atoms with E-state index in [0.717, 1.165) is 30.9 Å². The third-order valence-corrected chi connectivity index (χ3v) is 4.70. The van der Waals surface area contributed by atoms with Gasteiger partial charge in [0.2, 0.25) is 0 Å². The Kier molecular flexibility index (Phi) is 3.64. The van der Waals surface area contributed by atoms with Crippen molar-refractivity contribution in [1.29, 1.82) is 0 Å². The summed E-state index contributed by atoms with van der Waals surface area (Å²) in [5, 5.41) is 5.48. The highest BCUT2D eigenvalue weighted by Crippen LogP contribution is 2.24. The van der Waals surface area contributed by atoms with E-state index in [1.165, 1.54) is 41.3 Å². The van der Waals surface area contributed by atoms with Crippen LogP contribution in [0.2, 0.25) is 0 Å². The first kappa shape index (κ1) is 13.5. The number of hydrogen-bond acceptors (Lipinski definition) is 4. The number of aromatic nitrogens is 3. The Morgan fingerprint density at radius 1 is 1.18 bits per heavy atom. The quantitative estimate of drug-likeness (QED) is 0.793. The second-order valence-corrected chi connectivity index (χ2v) is 6.31. The first-order chi connectivity index (χ1) is 10.9. The molecule has 0 fully saturated rings. The van der Waals surface area contributed by atoms with Crippen molar-refractivity contribution in [2.75, 3.05) is 5.32 Å². The monoisotopic (exact) mass is 310 g/mol. The van der Waals surface area contributed by atoms with Crippen molar-refractivity contribution in [1.82, 2.24) is 13.9 Å². The lowest BCUT2D eigenvalue weighted by atomic mass is 10.1. The number of fused-ring (bicyclic) bond motifs is 1. The van der Waals surface area contributed by atoms with Gasteiger partial charge in [0.25, 0.3) is 0 Å². The standard InChI is InChI=1S/C17H18N4S/c1-2-8-21-11-16(20-17(21)3-1)14-4-6-15(7-5-14)18-9-13-10-19-22-12-13/h4-7,10-12,18H,1-3,8-9H2. The van der Waals surface area contributed by atoms with E-state index in [4.69, 9.17) is 4.98 Å². The fourth-order valence-electron chi connectivity index (χ4n) is 2.83. The number of nitrogens with one attached hydrogen (secondary N) is 1. The molecule has 0 bridgehead atoms. The molecule has 22 heavy (non-hydrogen) atoms.